The number of benzene rings is 9. The predicted molar refractivity (Wildman–Crippen MR) is 231 cm³/mol. The number of nitrogens with zero attached hydrogens (tertiary/aromatic N) is 2. The summed E-state index contributed by atoms with van der Waals surface area (Å²) in [5.41, 5.74) is 8.47. The zero-order valence-corrected chi connectivity index (χ0v) is 30.0. The highest BCUT2D eigenvalue weighted by Crippen LogP contribution is 2.39. The van der Waals surface area contributed by atoms with E-state index in [9.17, 15) is 0 Å². The lowest BCUT2D eigenvalue weighted by molar-refractivity contribution is 0.668. The van der Waals surface area contributed by atoms with Gasteiger partial charge >= 0.3 is 0 Å². The van der Waals surface area contributed by atoms with Gasteiger partial charge in [-0.3, -0.25) is 0 Å². The fourth-order valence-electron chi connectivity index (χ4n) is 8.52. The maximum atomic E-state index is 6.61. The van der Waals surface area contributed by atoms with E-state index < -0.39 is 0 Å². The van der Waals surface area contributed by atoms with Crippen molar-refractivity contribution in [3.05, 3.63) is 193 Å². The molecule has 5 nitrogen and oxygen atoms in total. The average Bonchev–Trinajstić information content (AvgIpc) is 3.84. The number of amidine groups is 2. The molecule has 2 aromatic heterocycles. The lowest BCUT2D eigenvalue weighted by Crippen LogP contribution is -2.33. The van der Waals surface area contributed by atoms with E-state index in [1.54, 1.807) is 0 Å². The molecule has 0 aliphatic carbocycles. The summed E-state index contributed by atoms with van der Waals surface area (Å²) in [4.78, 5) is 10.5. The largest absolute Gasteiger partial charge is 0.456 e. The minimum absolute atomic E-state index is 0.347. The van der Waals surface area contributed by atoms with Gasteiger partial charge in [0.15, 0.2) is 5.84 Å². The molecule has 0 radical (unpaired) electrons. The van der Waals surface area contributed by atoms with Crippen molar-refractivity contribution in [3.8, 4) is 11.1 Å². The molecule has 0 spiro atoms. The van der Waals surface area contributed by atoms with Gasteiger partial charge < -0.3 is 14.2 Å². The number of fused-ring (bicyclic) bond motifs is 10. The molecular weight excluding hydrogens is 687 g/mol. The van der Waals surface area contributed by atoms with Gasteiger partial charge in [0.2, 0.25) is 0 Å². The number of hydrogen-bond acceptors (Lipinski definition) is 5. The van der Waals surface area contributed by atoms with Crippen molar-refractivity contribution in [2.75, 3.05) is 0 Å². The molecule has 1 atom stereocenters. The number of nitrogens with one attached hydrogen (secondary N) is 1. The Hall–Kier alpha value is -7.50. The van der Waals surface area contributed by atoms with Gasteiger partial charge in [-0.25, -0.2) is 9.98 Å². The molecule has 262 valence electrons. The van der Waals surface area contributed by atoms with Gasteiger partial charge in [-0.05, 0) is 97.5 Å². The van der Waals surface area contributed by atoms with Crippen LogP contribution in [0.2, 0.25) is 0 Å². The summed E-state index contributed by atoms with van der Waals surface area (Å²) in [5, 5.41) is 15.1. The monoisotopic (exact) mass is 717 g/mol. The normalized spacial score (nSPS) is 14.6. The standard InChI is InChI=1S/C51H31N3O2/c1-3-11-33-26-37(18-16-30(33)8-1)49-52-50(38-19-17-31-9-2-4-12-34(31)27-38)54-51(53-49)42-14-7-15-43-48(42)41-24-21-36(29-46(41)55-43)35-20-23-40-45(28-35)56-44-25-22-32-10-5-6-13-39(32)47(40)44/h1-29,49H,(H,52,53,54). The number of furan rings is 2. The van der Waals surface area contributed by atoms with Gasteiger partial charge in [-0.1, -0.05) is 127 Å². The van der Waals surface area contributed by atoms with Crippen LogP contribution in [0.15, 0.2) is 195 Å². The van der Waals surface area contributed by atoms with Crippen LogP contribution < -0.4 is 5.32 Å². The molecule has 1 aliphatic heterocycles. The first-order valence-corrected chi connectivity index (χ1v) is 18.9. The lowest BCUT2D eigenvalue weighted by atomic mass is 9.99. The van der Waals surface area contributed by atoms with Crippen LogP contribution in [-0.4, -0.2) is 11.7 Å². The van der Waals surface area contributed by atoms with Gasteiger partial charge in [0.25, 0.3) is 0 Å². The summed E-state index contributed by atoms with van der Waals surface area (Å²) in [5.74, 6) is 1.44. The first-order valence-electron chi connectivity index (χ1n) is 18.9. The predicted octanol–water partition coefficient (Wildman–Crippen LogP) is 13.1. The second kappa shape index (κ2) is 12.0. The summed E-state index contributed by atoms with van der Waals surface area (Å²) >= 11 is 0. The van der Waals surface area contributed by atoms with E-state index in [-0.39, 0.29) is 6.17 Å². The summed E-state index contributed by atoms with van der Waals surface area (Å²) in [6.07, 6.45) is -0.347. The first kappa shape index (κ1) is 30.9. The molecule has 1 N–H and O–H groups in total. The molecule has 1 aliphatic rings. The van der Waals surface area contributed by atoms with Gasteiger partial charge in [0.1, 0.15) is 34.3 Å². The van der Waals surface area contributed by atoms with Crippen LogP contribution in [0.25, 0.3) is 87.3 Å². The molecule has 0 saturated carbocycles. The molecule has 12 rings (SSSR count). The number of rotatable bonds is 4. The Bertz CT molecular complexity index is 3480. The molecule has 1 unspecified atom stereocenters. The van der Waals surface area contributed by atoms with Crippen molar-refractivity contribution in [1.82, 2.24) is 5.32 Å². The third-order valence-electron chi connectivity index (χ3n) is 11.3. The van der Waals surface area contributed by atoms with Crippen LogP contribution in [0.4, 0.5) is 0 Å². The molecule has 3 heterocycles. The SMILES string of the molecule is c1ccc2cc(C3=NC(c4cccc5oc6cc(-c7ccc8c(c7)oc7ccc9ccccc9c78)ccc6c45)=NC(c4ccc5ccccc5c4)N3)ccc2c1. The fourth-order valence-corrected chi connectivity index (χ4v) is 8.52. The maximum absolute atomic E-state index is 6.61. The van der Waals surface area contributed by atoms with E-state index in [0.717, 1.165) is 82.9 Å². The lowest BCUT2D eigenvalue weighted by Gasteiger charge is -2.24. The highest BCUT2D eigenvalue weighted by molar-refractivity contribution is 6.23. The Kier molecular flexibility index (Phi) is 6.63. The molecule has 9 aromatic carbocycles. The van der Waals surface area contributed by atoms with Crippen molar-refractivity contribution < 1.29 is 8.83 Å². The Balaban J connectivity index is 0.987. The smallest absolute Gasteiger partial charge is 0.160 e. The van der Waals surface area contributed by atoms with Crippen molar-refractivity contribution >= 4 is 87.9 Å². The highest BCUT2D eigenvalue weighted by atomic mass is 16.3. The molecule has 0 saturated heterocycles. The number of aliphatic imine (C=N–C) groups is 2. The molecular formula is C51H31N3O2. The minimum atomic E-state index is -0.347. The van der Waals surface area contributed by atoms with Crippen molar-refractivity contribution in [2.45, 2.75) is 6.17 Å². The summed E-state index contributed by atoms with van der Waals surface area (Å²) in [7, 11) is 0. The van der Waals surface area contributed by atoms with Crippen LogP contribution >= 0.6 is 0 Å². The van der Waals surface area contributed by atoms with Crippen molar-refractivity contribution in [2.24, 2.45) is 9.98 Å². The summed E-state index contributed by atoms with van der Waals surface area (Å²) in [6, 6.07) is 61.6. The Morgan fingerprint density at radius 3 is 1.79 bits per heavy atom. The van der Waals surface area contributed by atoms with Crippen LogP contribution in [0.3, 0.4) is 0 Å². The van der Waals surface area contributed by atoms with E-state index in [1.165, 1.54) is 26.9 Å². The van der Waals surface area contributed by atoms with E-state index in [4.69, 9.17) is 18.8 Å². The second-order valence-electron chi connectivity index (χ2n) is 14.6. The molecule has 5 heteroatoms. The first-order chi connectivity index (χ1) is 27.7. The molecule has 11 aromatic rings. The third kappa shape index (κ3) is 4.88. The highest BCUT2D eigenvalue weighted by Gasteiger charge is 2.24. The minimum Gasteiger partial charge on any atom is -0.456 e. The van der Waals surface area contributed by atoms with Crippen molar-refractivity contribution in [1.29, 1.82) is 0 Å². The zero-order chi connectivity index (χ0) is 36.7. The summed E-state index contributed by atoms with van der Waals surface area (Å²) in [6.45, 7) is 0. The van der Waals surface area contributed by atoms with Crippen LogP contribution in [0.1, 0.15) is 22.9 Å². The van der Waals surface area contributed by atoms with E-state index in [2.05, 4.69) is 169 Å². The van der Waals surface area contributed by atoms with Gasteiger partial charge in [0, 0.05) is 32.7 Å². The van der Waals surface area contributed by atoms with E-state index in [1.807, 2.05) is 12.1 Å². The maximum Gasteiger partial charge on any atom is 0.160 e. The van der Waals surface area contributed by atoms with Gasteiger partial charge in [-0.2, -0.15) is 0 Å². The Morgan fingerprint density at radius 2 is 1.02 bits per heavy atom. The Morgan fingerprint density at radius 1 is 0.411 bits per heavy atom. The third-order valence-corrected chi connectivity index (χ3v) is 11.3. The van der Waals surface area contributed by atoms with Crippen LogP contribution in [-0.2, 0) is 0 Å². The zero-order valence-electron chi connectivity index (χ0n) is 30.0. The Labute approximate surface area is 320 Å². The van der Waals surface area contributed by atoms with Crippen molar-refractivity contribution in [3.63, 3.8) is 0 Å². The van der Waals surface area contributed by atoms with Gasteiger partial charge in [-0.15, -0.1) is 0 Å². The molecule has 0 amide bonds. The van der Waals surface area contributed by atoms with E-state index >= 15 is 0 Å². The topological polar surface area (TPSA) is 63.0 Å². The second-order valence-corrected chi connectivity index (χ2v) is 14.6. The van der Waals surface area contributed by atoms with Crippen LogP contribution in [0.5, 0.6) is 0 Å². The molecule has 0 fully saturated rings. The summed E-state index contributed by atoms with van der Waals surface area (Å²) < 4.78 is 13.0. The molecule has 56 heavy (non-hydrogen) atoms. The fraction of sp³-hybridized carbons (Fsp3) is 0.0196. The van der Waals surface area contributed by atoms with Gasteiger partial charge in [0.05, 0.1) is 0 Å². The number of hydrogen-bond donors (Lipinski definition) is 1. The quantitative estimate of drug-likeness (QED) is 0.197. The van der Waals surface area contributed by atoms with E-state index in [0.29, 0.717) is 5.84 Å². The van der Waals surface area contributed by atoms with Crippen LogP contribution in [0, 0.1) is 0 Å². The molecule has 0 bridgehead atoms. The average molecular weight is 718 g/mol.